The molecule has 0 bridgehead atoms. The molecule has 0 spiro atoms. The van der Waals surface area contributed by atoms with Crippen LogP contribution >= 0.6 is 23.4 Å². The van der Waals surface area contributed by atoms with Crippen molar-refractivity contribution in [2.24, 2.45) is 0 Å². The molecule has 1 aromatic rings. The number of ketones is 1. The topological polar surface area (TPSA) is 30.2 Å². The predicted molar refractivity (Wildman–Crippen MR) is 55.2 cm³/mol. The first kappa shape index (κ1) is 10.7. The van der Waals surface area contributed by atoms with E-state index in [4.69, 9.17) is 16.0 Å². The van der Waals surface area contributed by atoms with Crippen LogP contribution in [0.3, 0.4) is 0 Å². The second-order valence-corrected chi connectivity index (χ2v) is 3.95. The minimum atomic E-state index is 0.266. The van der Waals surface area contributed by atoms with Crippen molar-refractivity contribution in [2.45, 2.75) is 19.1 Å². The van der Waals surface area contributed by atoms with E-state index in [0.29, 0.717) is 23.1 Å². The zero-order valence-electron chi connectivity index (χ0n) is 7.38. The third kappa shape index (κ3) is 3.87. The van der Waals surface area contributed by atoms with Gasteiger partial charge in [-0.05, 0) is 23.7 Å². The number of carbonyl (C=O) groups is 1. The second-order valence-electron chi connectivity index (χ2n) is 2.59. The van der Waals surface area contributed by atoms with Crippen molar-refractivity contribution in [3.8, 4) is 0 Å². The van der Waals surface area contributed by atoms with Gasteiger partial charge in [0, 0.05) is 6.42 Å². The van der Waals surface area contributed by atoms with E-state index in [2.05, 4.69) is 0 Å². The van der Waals surface area contributed by atoms with Gasteiger partial charge in [0.15, 0.2) is 5.22 Å². The van der Waals surface area contributed by atoms with E-state index in [9.17, 15) is 4.79 Å². The van der Waals surface area contributed by atoms with E-state index in [1.165, 1.54) is 0 Å². The van der Waals surface area contributed by atoms with E-state index >= 15 is 0 Å². The van der Waals surface area contributed by atoms with Gasteiger partial charge in [0.2, 0.25) is 0 Å². The van der Waals surface area contributed by atoms with Crippen molar-refractivity contribution in [2.75, 3.05) is 5.75 Å². The SMILES string of the molecule is CCC(=O)CSCc1ccc(Cl)o1. The molecule has 0 aliphatic heterocycles. The summed E-state index contributed by atoms with van der Waals surface area (Å²) < 4.78 is 5.13. The lowest BCUT2D eigenvalue weighted by Gasteiger charge is -1.95. The molecule has 0 radical (unpaired) electrons. The molecule has 13 heavy (non-hydrogen) atoms. The molecular weight excluding hydrogens is 208 g/mol. The Morgan fingerprint density at radius 2 is 2.38 bits per heavy atom. The zero-order valence-corrected chi connectivity index (χ0v) is 8.95. The number of rotatable bonds is 5. The van der Waals surface area contributed by atoms with Gasteiger partial charge in [0.1, 0.15) is 11.5 Å². The fourth-order valence-corrected chi connectivity index (χ4v) is 1.85. The van der Waals surface area contributed by atoms with E-state index in [1.54, 1.807) is 17.8 Å². The summed E-state index contributed by atoms with van der Waals surface area (Å²) in [6.07, 6.45) is 0.603. The standard InChI is InChI=1S/C9H11ClO2S/c1-2-7(11)5-13-6-8-3-4-9(10)12-8/h3-4H,2,5-6H2,1H3. The van der Waals surface area contributed by atoms with Gasteiger partial charge in [0.25, 0.3) is 0 Å². The molecule has 1 rings (SSSR count). The van der Waals surface area contributed by atoms with Crippen LogP contribution in [-0.2, 0) is 10.5 Å². The van der Waals surface area contributed by atoms with Gasteiger partial charge in [0.05, 0.1) is 11.5 Å². The third-order valence-electron chi connectivity index (χ3n) is 1.53. The van der Waals surface area contributed by atoms with E-state index in [1.807, 2.05) is 13.0 Å². The quantitative estimate of drug-likeness (QED) is 0.761. The molecule has 1 heterocycles. The zero-order chi connectivity index (χ0) is 9.68. The van der Waals surface area contributed by atoms with Gasteiger partial charge < -0.3 is 4.42 Å². The molecule has 0 atom stereocenters. The lowest BCUT2D eigenvalue weighted by molar-refractivity contribution is -0.116. The second kappa shape index (κ2) is 5.35. The summed E-state index contributed by atoms with van der Waals surface area (Å²) in [6, 6.07) is 3.53. The third-order valence-corrected chi connectivity index (χ3v) is 2.75. The van der Waals surface area contributed by atoms with Crippen LogP contribution in [0.25, 0.3) is 0 Å². The van der Waals surface area contributed by atoms with Gasteiger partial charge in [-0.3, -0.25) is 4.79 Å². The van der Waals surface area contributed by atoms with E-state index in [-0.39, 0.29) is 5.78 Å². The monoisotopic (exact) mass is 218 g/mol. The van der Waals surface area contributed by atoms with Crippen LogP contribution in [0.2, 0.25) is 5.22 Å². The van der Waals surface area contributed by atoms with Crippen LogP contribution in [0.1, 0.15) is 19.1 Å². The average molecular weight is 219 g/mol. The summed E-state index contributed by atoms with van der Waals surface area (Å²) in [4.78, 5) is 10.9. The number of carbonyl (C=O) groups excluding carboxylic acids is 1. The Morgan fingerprint density at radius 3 is 2.92 bits per heavy atom. The highest BCUT2D eigenvalue weighted by Gasteiger charge is 2.02. The highest BCUT2D eigenvalue weighted by molar-refractivity contribution is 7.99. The van der Waals surface area contributed by atoms with Crippen molar-refractivity contribution >= 4 is 29.1 Å². The fourth-order valence-electron chi connectivity index (χ4n) is 0.797. The Labute approximate surface area is 86.6 Å². The van der Waals surface area contributed by atoms with Crippen molar-refractivity contribution in [1.82, 2.24) is 0 Å². The first-order valence-corrected chi connectivity index (χ1v) is 5.59. The smallest absolute Gasteiger partial charge is 0.193 e. The summed E-state index contributed by atoms with van der Waals surface area (Å²) >= 11 is 7.14. The lowest BCUT2D eigenvalue weighted by atomic mass is 10.4. The molecular formula is C9H11ClO2S. The number of thioether (sulfide) groups is 1. The highest BCUT2D eigenvalue weighted by atomic mass is 35.5. The first-order valence-electron chi connectivity index (χ1n) is 4.06. The maximum absolute atomic E-state index is 10.9. The van der Waals surface area contributed by atoms with Crippen LogP contribution in [0.15, 0.2) is 16.5 Å². The molecule has 4 heteroatoms. The molecule has 0 amide bonds. The van der Waals surface area contributed by atoms with Crippen LogP contribution in [0.4, 0.5) is 0 Å². The summed E-state index contributed by atoms with van der Waals surface area (Å²) in [5, 5.41) is 0.400. The van der Waals surface area contributed by atoms with Crippen LogP contribution in [-0.4, -0.2) is 11.5 Å². The Morgan fingerprint density at radius 1 is 1.62 bits per heavy atom. The molecule has 0 saturated heterocycles. The van der Waals surface area contributed by atoms with Gasteiger partial charge >= 0.3 is 0 Å². The summed E-state index contributed by atoms with van der Waals surface area (Å²) in [5.41, 5.74) is 0. The Balaban J connectivity index is 2.24. The average Bonchev–Trinajstić information content (AvgIpc) is 2.51. The van der Waals surface area contributed by atoms with E-state index in [0.717, 1.165) is 5.76 Å². The molecule has 0 aliphatic carbocycles. The minimum absolute atomic E-state index is 0.266. The number of halogens is 1. The van der Waals surface area contributed by atoms with Crippen LogP contribution in [0.5, 0.6) is 0 Å². The maximum Gasteiger partial charge on any atom is 0.193 e. The van der Waals surface area contributed by atoms with E-state index < -0.39 is 0 Å². The summed E-state index contributed by atoms with van der Waals surface area (Å²) in [7, 11) is 0. The van der Waals surface area contributed by atoms with Gasteiger partial charge in [-0.1, -0.05) is 6.92 Å². The molecule has 72 valence electrons. The number of hydrogen-bond acceptors (Lipinski definition) is 3. The Bertz CT molecular complexity index is 283. The lowest BCUT2D eigenvalue weighted by Crippen LogP contribution is -1.98. The predicted octanol–water partition coefficient (Wildman–Crippen LogP) is 3.15. The molecule has 0 aliphatic rings. The van der Waals surface area contributed by atoms with Crippen molar-refractivity contribution in [3.05, 3.63) is 23.1 Å². The Hall–Kier alpha value is -0.410. The van der Waals surface area contributed by atoms with Gasteiger partial charge in [-0.25, -0.2) is 0 Å². The number of Topliss-reactive ketones (excluding diaryl/α,β-unsaturated/α-hetero) is 1. The van der Waals surface area contributed by atoms with Gasteiger partial charge in [-0.15, -0.1) is 11.8 Å². The number of hydrogen-bond donors (Lipinski definition) is 0. The molecule has 2 nitrogen and oxygen atoms in total. The number of furan rings is 1. The van der Waals surface area contributed by atoms with Crippen LogP contribution < -0.4 is 0 Å². The molecule has 0 saturated carbocycles. The van der Waals surface area contributed by atoms with Crippen LogP contribution in [0, 0.1) is 0 Å². The summed E-state index contributed by atoms with van der Waals surface area (Å²) in [6.45, 7) is 1.87. The molecule has 0 aromatic carbocycles. The molecule has 0 unspecified atom stereocenters. The largest absolute Gasteiger partial charge is 0.449 e. The van der Waals surface area contributed by atoms with Crippen molar-refractivity contribution in [3.63, 3.8) is 0 Å². The molecule has 0 N–H and O–H groups in total. The summed E-state index contributed by atoms with van der Waals surface area (Å²) in [5.74, 6) is 2.34. The maximum atomic E-state index is 10.9. The minimum Gasteiger partial charge on any atom is -0.449 e. The van der Waals surface area contributed by atoms with Gasteiger partial charge in [-0.2, -0.15) is 0 Å². The first-order chi connectivity index (χ1) is 6.22. The Kier molecular flexibility index (Phi) is 4.39. The molecule has 1 aromatic heterocycles. The fraction of sp³-hybridized carbons (Fsp3) is 0.444. The molecule has 0 fully saturated rings. The van der Waals surface area contributed by atoms with Crippen molar-refractivity contribution in [1.29, 1.82) is 0 Å². The van der Waals surface area contributed by atoms with Crippen molar-refractivity contribution < 1.29 is 9.21 Å². The highest BCUT2D eigenvalue weighted by Crippen LogP contribution is 2.18. The normalized spacial score (nSPS) is 10.3.